The minimum Gasteiger partial charge on any atom is -0.493 e. The Balaban J connectivity index is 2.58. The van der Waals surface area contributed by atoms with Crippen LogP contribution in [0.3, 0.4) is 0 Å². The predicted octanol–water partition coefficient (Wildman–Crippen LogP) is 2.81. The highest BCUT2D eigenvalue weighted by Crippen LogP contribution is 2.21. The van der Waals surface area contributed by atoms with Crippen LogP contribution < -0.4 is 10.5 Å². The summed E-state index contributed by atoms with van der Waals surface area (Å²) in [6.07, 6.45) is 6.83. The Morgan fingerprint density at radius 1 is 1.50 bits per heavy atom. The van der Waals surface area contributed by atoms with Gasteiger partial charge in [0, 0.05) is 12.5 Å². The first kappa shape index (κ1) is 12.6. The molecule has 0 fully saturated rings. The van der Waals surface area contributed by atoms with Gasteiger partial charge < -0.3 is 10.5 Å². The van der Waals surface area contributed by atoms with E-state index in [4.69, 9.17) is 16.9 Å². The Bertz CT molecular complexity index is 377. The first-order valence-electron chi connectivity index (χ1n) is 5.57. The molecule has 1 rings (SSSR count). The number of ether oxygens (including phenoxy) is 1. The number of unbranched alkanes of at least 4 members (excludes halogenated alkanes) is 1. The first-order chi connectivity index (χ1) is 7.65. The van der Waals surface area contributed by atoms with Crippen LogP contribution in [0.5, 0.6) is 5.75 Å². The summed E-state index contributed by atoms with van der Waals surface area (Å²) >= 11 is 0. The predicted molar refractivity (Wildman–Crippen MR) is 67.3 cm³/mol. The average Bonchev–Trinajstić information content (AvgIpc) is 2.26. The molecule has 16 heavy (non-hydrogen) atoms. The van der Waals surface area contributed by atoms with Crippen molar-refractivity contribution in [1.82, 2.24) is 0 Å². The number of terminal acetylenes is 1. The van der Waals surface area contributed by atoms with Crippen molar-refractivity contribution in [3.05, 3.63) is 29.3 Å². The van der Waals surface area contributed by atoms with E-state index in [1.54, 1.807) is 0 Å². The molecule has 1 aromatic carbocycles. The molecule has 2 nitrogen and oxygen atoms in total. The van der Waals surface area contributed by atoms with Gasteiger partial charge in [-0.1, -0.05) is 12.1 Å². The van der Waals surface area contributed by atoms with Crippen LogP contribution in [-0.2, 0) is 0 Å². The minimum absolute atomic E-state index is 0.0641. The molecule has 1 unspecified atom stereocenters. The zero-order valence-corrected chi connectivity index (χ0v) is 9.99. The highest BCUT2D eigenvalue weighted by molar-refractivity contribution is 5.37. The fraction of sp³-hybridized carbons (Fsp3) is 0.429. The van der Waals surface area contributed by atoms with Crippen molar-refractivity contribution in [1.29, 1.82) is 0 Å². The van der Waals surface area contributed by atoms with E-state index < -0.39 is 0 Å². The summed E-state index contributed by atoms with van der Waals surface area (Å²) in [5.74, 6) is 3.51. The molecule has 1 atom stereocenters. The Morgan fingerprint density at radius 3 is 2.81 bits per heavy atom. The molecule has 0 amide bonds. The molecule has 0 bridgehead atoms. The molecule has 0 aromatic heterocycles. The van der Waals surface area contributed by atoms with Gasteiger partial charge in [0.25, 0.3) is 0 Å². The zero-order valence-electron chi connectivity index (χ0n) is 9.99. The lowest BCUT2D eigenvalue weighted by Crippen LogP contribution is -2.06. The van der Waals surface area contributed by atoms with E-state index in [0.717, 1.165) is 29.7 Å². The summed E-state index contributed by atoms with van der Waals surface area (Å²) in [6.45, 7) is 4.67. The highest BCUT2D eigenvalue weighted by Gasteiger charge is 2.03. The van der Waals surface area contributed by atoms with Crippen LogP contribution in [-0.4, -0.2) is 6.61 Å². The van der Waals surface area contributed by atoms with Crippen molar-refractivity contribution in [2.24, 2.45) is 5.73 Å². The molecule has 0 saturated heterocycles. The molecule has 0 radical (unpaired) electrons. The lowest BCUT2D eigenvalue weighted by Gasteiger charge is -2.11. The highest BCUT2D eigenvalue weighted by atomic mass is 16.5. The normalized spacial score (nSPS) is 11.9. The largest absolute Gasteiger partial charge is 0.493 e. The summed E-state index contributed by atoms with van der Waals surface area (Å²) in [5.41, 5.74) is 8.06. The van der Waals surface area contributed by atoms with Crippen LogP contribution >= 0.6 is 0 Å². The van der Waals surface area contributed by atoms with E-state index >= 15 is 0 Å². The van der Waals surface area contributed by atoms with Gasteiger partial charge >= 0.3 is 0 Å². The number of aryl methyl sites for hydroxylation is 1. The summed E-state index contributed by atoms with van der Waals surface area (Å²) < 4.78 is 5.64. The standard InChI is InChI=1S/C14H19NO/c1-4-5-6-9-16-14-8-7-13(12(3)15)10-11(14)2/h1,7-8,10,12H,5-6,9,15H2,2-3H3. The van der Waals surface area contributed by atoms with Gasteiger partial charge in [-0.25, -0.2) is 0 Å². The molecule has 0 aliphatic heterocycles. The Hall–Kier alpha value is -1.46. The van der Waals surface area contributed by atoms with E-state index in [-0.39, 0.29) is 6.04 Å². The molecule has 0 aliphatic carbocycles. The number of nitrogens with two attached hydrogens (primary N) is 1. The number of rotatable bonds is 5. The summed E-state index contributed by atoms with van der Waals surface area (Å²) in [4.78, 5) is 0. The second-order valence-corrected chi connectivity index (χ2v) is 3.97. The van der Waals surface area contributed by atoms with Crippen LogP contribution in [0.1, 0.15) is 36.9 Å². The molecule has 86 valence electrons. The van der Waals surface area contributed by atoms with Crippen LogP contribution in [0.2, 0.25) is 0 Å². The van der Waals surface area contributed by atoms with Gasteiger partial charge in [0.1, 0.15) is 5.75 Å². The van der Waals surface area contributed by atoms with Crippen molar-refractivity contribution >= 4 is 0 Å². The zero-order chi connectivity index (χ0) is 12.0. The van der Waals surface area contributed by atoms with E-state index in [2.05, 4.69) is 12.0 Å². The third kappa shape index (κ3) is 3.60. The molecule has 2 heteroatoms. The maximum Gasteiger partial charge on any atom is 0.122 e. The Morgan fingerprint density at radius 2 is 2.25 bits per heavy atom. The molecular weight excluding hydrogens is 198 g/mol. The Kier molecular flexibility index (Phi) is 4.88. The summed E-state index contributed by atoms with van der Waals surface area (Å²) in [5, 5.41) is 0. The van der Waals surface area contributed by atoms with E-state index in [1.807, 2.05) is 26.0 Å². The van der Waals surface area contributed by atoms with Gasteiger partial charge in [0.2, 0.25) is 0 Å². The van der Waals surface area contributed by atoms with Gasteiger partial charge in [-0.15, -0.1) is 12.3 Å². The first-order valence-corrected chi connectivity index (χ1v) is 5.57. The quantitative estimate of drug-likeness (QED) is 0.608. The van der Waals surface area contributed by atoms with Crippen molar-refractivity contribution in [2.45, 2.75) is 32.7 Å². The molecular formula is C14H19NO. The van der Waals surface area contributed by atoms with Crippen LogP contribution in [0.25, 0.3) is 0 Å². The van der Waals surface area contributed by atoms with E-state index in [1.165, 1.54) is 0 Å². The maximum absolute atomic E-state index is 5.81. The smallest absolute Gasteiger partial charge is 0.122 e. The lowest BCUT2D eigenvalue weighted by molar-refractivity contribution is 0.311. The monoisotopic (exact) mass is 217 g/mol. The van der Waals surface area contributed by atoms with Crippen LogP contribution in [0.4, 0.5) is 0 Å². The lowest BCUT2D eigenvalue weighted by atomic mass is 10.1. The van der Waals surface area contributed by atoms with Gasteiger partial charge in [-0.2, -0.15) is 0 Å². The fourth-order valence-corrected chi connectivity index (χ4v) is 1.47. The Labute approximate surface area is 97.8 Å². The van der Waals surface area contributed by atoms with E-state index in [9.17, 15) is 0 Å². The minimum atomic E-state index is 0.0641. The van der Waals surface area contributed by atoms with Crippen LogP contribution in [0, 0.1) is 19.3 Å². The fourth-order valence-electron chi connectivity index (χ4n) is 1.47. The number of hydrogen-bond acceptors (Lipinski definition) is 2. The van der Waals surface area contributed by atoms with Gasteiger partial charge in [-0.3, -0.25) is 0 Å². The summed E-state index contributed by atoms with van der Waals surface area (Å²) in [7, 11) is 0. The molecule has 0 spiro atoms. The van der Waals surface area contributed by atoms with Crippen molar-refractivity contribution in [3.8, 4) is 18.1 Å². The SMILES string of the molecule is C#CCCCOc1ccc(C(C)N)cc1C. The molecule has 1 aromatic rings. The van der Waals surface area contributed by atoms with Gasteiger partial charge in [-0.05, 0) is 37.5 Å². The topological polar surface area (TPSA) is 35.2 Å². The second-order valence-electron chi connectivity index (χ2n) is 3.97. The molecule has 0 saturated carbocycles. The second kappa shape index (κ2) is 6.19. The molecule has 0 aliphatic rings. The maximum atomic E-state index is 5.81. The van der Waals surface area contributed by atoms with Crippen LogP contribution in [0.15, 0.2) is 18.2 Å². The van der Waals surface area contributed by atoms with Crippen molar-refractivity contribution < 1.29 is 4.74 Å². The third-order valence-corrected chi connectivity index (χ3v) is 2.45. The van der Waals surface area contributed by atoms with E-state index in [0.29, 0.717) is 6.61 Å². The molecule has 0 heterocycles. The van der Waals surface area contributed by atoms with Gasteiger partial charge in [0.05, 0.1) is 6.61 Å². The van der Waals surface area contributed by atoms with Crippen molar-refractivity contribution in [2.75, 3.05) is 6.61 Å². The molecule has 2 N–H and O–H groups in total. The number of hydrogen-bond donors (Lipinski definition) is 1. The van der Waals surface area contributed by atoms with Gasteiger partial charge in [0.15, 0.2) is 0 Å². The average molecular weight is 217 g/mol. The number of benzene rings is 1. The third-order valence-electron chi connectivity index (χ3n) is 2.45. The summed E-state index contributed by atoms with van der Waals surface area (Å²) in [6, 6.07) is 6.12. The van der Waals surface area contributed by atoms with Crippen molar-refractivity contribution in [3.63, 3.8) is 0 Å².